The number of hydrogen-bond acceptors (Lipinski definition) is 3. The van der Waals surface area contributed by atoms with Crippen LogP contribution < -0.4 is 0 Å². The van der Waals surface area contributed by atoms with Gasteiger partial charge in [-0.2, -0.15) is 4.39 Å². The molecule has 4 nitrogen and oxygen atoms in total. The maximum Gasteiger partial charge on any atom is 0.223 e. The molecule has 3 rings (SSSR count). The zero-order chi connectivity index (χ0) is 14.3. The fraction of sp³-hybridized carbons (Fsp3) is 0.200. The maximum atomic E-state index is 13.8. The number of benzene rings is 1. The average molecular weight is 271 g/mol. The second-order valence-corrected chi connectivity index (χ2v) is 4.77. The Morgan fingerprint density at radius 1 is 1.25 bits per heavy atom. The van der Waals surface area contributed by atoms with Gasteiger partial charge in [0.25, 0.3) is 0 Å². The first-order chi connectivity index (χ1) is 9.61. The molecule has 1 aromatic carbocycles. The fourth-order valence-corrected chi connectivity index (χ4v) is 2.28. The summed E-state index contributed by atoms with van der Waals surface area (Å²) < 4.78 is 15.4. The van der Waals surface area contributed by atoms with Gasteiger partial charge in [-0.25, -0.2) is 9.97 Å². The number of imidazole rings is 1. The lowest BCUT2D eigenvalue weighted by Gasteiger charge is -2.06. The van der Waals surface area contributed by atoms with E-state index < -0.39 is 5.95 Å². The molecule has 0 radical (unpaired) electrons. The third-order valence-electron chi connectivity index (χ3n) is 3.51. The molecule has 0 saturated heterocycles. The molecule has 2 aromatic heterocycles. The molecule has 20 heavy (non-hydrogen) atoms. The van der Waals surface area contributed by atoms with E-state index in [0.717, 1.165) is 22.2 Å². The fourth-order valence-electron chi connectivity index (χ4n) is 2.28. The second-order valence-electron chi connectivity index (χ2n) is 4.77. The largest absolute Gasteiger partial charge is 0.376 e. The van der Waals surface area contributed by atoms with Crippen molar-refractivity contribution in [3.8, 4) is 11.4 Å². The lowest BCUT2D eigenvalue weighted by molar-refractivity contribution is 0.216. The topological polar surface area (TPSA) is 50.9 Å². The van der Waals surface area contributed by atoms with E-state index >= 15 is 0 Å². The molecule has 5 heteroatoms. The Balaban J connectivity index is 2.34. The predicted octanol–water partition coefficient (Wildman–Crippen LogP) is 2.80. The van der Waals surface area contributed by atoms with Crippen LogP contribution in [0.15, 0.2) is 30.5 Å². The summed E-state index contributed by atoms with van der Waals surface area (Å²) in [6.07, 6.45) is 1.39. The van der Waals surface area contributed by atoms with E-state index in [1.165, 1.54) is 6.20 Å². The minimum absolute atomic E-state index is 0.261. The van der Waals surface area contributed by atoms with Gasteiger partial charge < -0.3 is 5.11 Å². The summed E-state index contributed by atoms with van der Waals surface area (Å²) >= 11 is 0. The van der Waals surface area contributed by atoms with E-state index in [1.807, 2.05) is 26.0 Å². The summed E-state index contributed by atoms with van der Waals surface area (Å²) in [5.74, 6) is -0.205. The number of hydrogen-bond donors (Lipinski definition) is 1. The molecule has 0 aliphatic rings. The van der Waals surface area contributed by atoms with Gasteiger partial charge in [0.2, 0.25) is 5.95 Å². The van der Waals surface area contributed by atoms with Crippen LogP contribution in [0.1, 0.15) is 11.1 Å². The molecular weight excluding hydrogens is 257 g/mol. The first-order valence-electron chi connectivity index (χ1n) is 6.31. The average Bonchev–Trinajstić information content (AvgIpc) is 2.77. The van der Waals surface area contributed by atoms with Gasteiger partial charge in [0, 0.05) is 6.20 Å². The number of aliphatic hydroxyl groups is 1. The summed E-state index contributed by atoms with van der Waals surface area (Å²) in [5, 5.41) is 9.60. The highest BCUT2D eigenvalue weighted by Crippen LogP contribution is 2.27. The molecule has 2 heterocycles. The molecule has 0 fully saturated rings. The standard InChI is InChI=1S/C15H14FN3O/c1-9-6-12-13(7-10(9)2)19(8-20)15(18-12)11-4-3-5-17-14(11)16/h3-7,20H,8H2,1-2H3. The van der Waals surface area contributed by atoms with Crippen molar-refractivity contribution in [1.29, 1.82) is 0 Å². The molecular formula is C15H14FN3O. The molecule has 0 aliphatic carbocycles. The summed E-state index contributed by atoms with van der Waals surface area (Å²) in [5.41, 5.74) is 4.02. The molecule has 0 aliphatic heterocycles. The molecule has 3 aromatic rings. The molecule has 102 valence electrons. The van der Waals surface area contributed by atoms with Crippen LogP contribution in [-0.4, -0.2) is 19.6 Å². The minimum Gasteiger partial charge on any atom is -0.376 e. The van der Waals surface area contributed by atoms with Gasteiger partial charge >= 0.3 is 0 Å². The molecule has 0 saturated carbocycles. The van der Waals surface area contributed by atoms with Crippen molar-refractivity contribution in [3.63, 3.8) is 0 Å². The highest BCUT2D eigenvalue weighted by Gasteiger charge is 2.16. The van der Waals surface area contributed by atoms with Crippen LogP contribution in [0.5, 0.6) is 0 Å². The highest BCUT2D eigenvalue weighted by molar-refractivity contribution is 5.82. The third-order valence-corrected chi connectivity index (χ3v) is 3.51. The molecule has 1 N–H and O–H groups in total. The van der Waals surface area contributed by atoms with Crippen molar-refractivity contribution in [2.45, 2.75) is 20.6 Å². The van der Waals surface area contributed by atoms with Crippen molar-refractivity contribution in [2.75, 3.05) is 0 Å². The molecule has 0 unspecified atom stereocenters. The van der Waals surface area contributed by atoms with E-state index in [9.17, 15) is 9.50 Å². The number of aromatic nitrogens is 3. The van der Waals surface area contributed by atoms with Crippen molar-refractivity contribution >= 4 is 11.0 Å². The van der Waals surface area contributed by atoms with Gasteiger partial charge in [-0.15, -0.1) is 0 Å². The summed E-state index contributed by atoms with van der Waals surface area (Å²) in [6, 6.07) is 7.14. The number of halogens is 1. The second kappa shape index (κ2) is 4.68. The Morgan fingerprint density at radius 3 is 2.70 bits per heavy atom. The number of fused-ring (bicyclic) bond motifs is 1. The van der Waals surface area contributed by atoms with E-state index in [2.05, 4.69) is 9.97 Å². The first kappa shape index (κ1) is 12.7. The van der Waals surface area contributed by atoms with Gasteiger partial charge in [-0.1, -0.05) is 0 Å². The van der Waals surface area contributed by atoms with E-state index in [4.69, 9.17) is 0 Å². The zero-order valence-corrected chi connectivity index (χ0v) is 11.3. The Hall–Kier alpha value is -2.27. The molecule has 0 atom stereocenters. The van der Waals surface area contributed by atoms with Gasteiger partial charge in [-0.3, -0.25) is 4.57 Å². The van der Waals surface area contributed by atoms with Crippen molar-refractivity contribution in [1.82, 2.24) is 14.5 Å². The lowest BCUT2D eigenvalue weighted by Crippen LogP contribution is -2.01. The van der Waals surface area contributed by atoms with E-state index in [1.54, 1.807) is 16.7 Å². The quantitative estimate of drug-likeness (QED) is 0.729. The normalized spacial score (nSPS) is 11.2. The summed E-state index contributed by atoms with van der Waals surface area (Å²) in [4.78, 5) is 8.07. The molecule has 0 spiro atoms. The Kier molecular flexibility index (Phi) is 2.99. The smallest absolute Gasteiger partial charge is 0.223 e. The van der Waals surface area contributed by atoms with Crippen LogP contribution >= 0.6 is 0 Å². The SMILES string of the molecule is Cc1cc2nc(-c3cccnc3F)n(CO)c2cc1C. The Bertz CT molecular complexity index is 795. The number of aliphatic hydroxyl groups excluding tert-OH is 1. The first-order valence-corrected chi connectivity index (χ1v) is 6.31. The highest BCUT2D eigenvalue weighted by atomic mass is 19.1. The van der Waals surface area contributed by atoms with Crippen molar-refractivity contribution in [2.24, 2.45) is 0 Å². The van der Waals surface area contributed by atoms with Crippen molar-refractivity contribution < 1.29 is 9.50 Å². The minimum atomic E-state index is -0.592. The van der Waals surface area contributed by atoms with Gasteiger partial charge in [-0.05, 0) is 49.2 Å². The van der Waals surface area contributed by atoms with Gasteiger partial charge in [0.05, 0.1) is 16.6 Å². The van der Waals surface area contributed by atoms with Crippen LogP contribution in [0.25, 0.3) is 22.4 Å². The van der Waals surface area contributed by atoms with Crippen LogP contribution in [0.3, 0.4) is 0 Å². The zero-order valence-electron chi connectivity index (χ0n) is 11.3. The van der Waals surface area contributed by atoms with Crippen LogP contribution in [0.2, 0.25) is 0 Å². The summed E-state index contributed by atoms with van der Waals surface area (Å²) in [7, 11) is 0. The van der Waals surface area contributed by atoms with Crippen LogP contribution in [0.4, 0.5) is 4.39 Å². The predicted molar refractivity (Wildman–Crippen MR) is 74.6 cm³/mol. The van der Waals surface area contributed by atoms with Gasteiger partial charge in [0.15, 0.2) is 0 Å². The van der Waals surface area contributed by atoms with E-state index in [-0.39, 0.29) is 12.3 Å². The third kappa shape index (κ3) is 1.87. The van der Waals surface area contributed by atoms with Crippen LogP contribution in [-0.2, 0) is 6.73 Å². The maximum absolute atomic E-state index is 13.8. The van der Waals surface area contributed by atoms with Crippen LogP contribution in [0, 0.1) is 19.8 Å². The van der Waals surface area contributed by atoms with Gasteiger partial charge in [0.1, 0.15) is 12.6 Å². The number of rotatable bonds is 2. The molecule has 0 amide bonds. The Morgan fingerprint density at radius 2 is 2.00 bits per heavy atom. The monoisotopic (exact) mass is 271 g/mol. The number of pyridine rings is 1. The van der Waals surface area contributed by atoms with Crippen molar-refractivity contribution in [3.05, 3.63) is 47.5 Å². The number of nitrogens with zero attached hydrogens (tertiary/aromatic N) is 3. The van der Waals surface area contributed by atoms with E-state index in [0.29, 0.717) is 5.82 Å². The molecule has 0 bridgehead atoms. The number of aryl methyl sites for hydroxylation is 2. The Labute approximate surface area is 115 Å². The lowest BCUT2D eigenvalue weighted by atomic mass is 10.1. The summed E-state index contributed by atoms with van der Waals surface area (Å²) in [6.45, 7) is 3.73.